The third-order valence-electron chi connectivity index (χ3n) is 5.29. The second-order valence-corrected chi connectivity index (χ2v) is 9.10. The highest BCUT2D eigenvalue weighted by molar-refractivity contribution is 7.89. The lowest BCUT2D eigenvalue weighted by atomic mass is 9.95. The van der Waals surface area contributed by atoms with Gasteiger partial charge in [0.2, 0.25) is 15.9 Å². The molecule has 1 atom stereocenters. The van der Waals surface area contributed by atoms with Crippen molar-refractivity contribution >= 4 is 21.6 Å². The molecular formula is C23H21FN2O4S. The van der Waals surface area contributed by atoms with Crippen molar-refractivity contribution in [3.8, 4) is 5.75 Å². The smallest absolute Gasteiger partial charge is 0.244 e. The average molecular weight is 440 g/mol. The molecule has 1 amide bonds. The second kappa shape index (κ2) is 8.49. The van der Waals surface area contributed by atoms with Gasteiger partial charge >= 0.3 is 0 Å². The van der Waals surface area contributed by atoms with E-state index in [1.165, 1.54) is 16.4 Å². The Balaban J connectivity index is 1.68. The van der Waals surface area contributed by atoms with Gasteiger partial charge in [0.25, 0.3) is 0 Å². The zero-order chi connectivity index (χ0) is 22.0. The summed E-state index contributed by atoms with van der Waals surface area (Å²) in [7, 11) is -2.49. The first-order valence-electron chi connectivity index (χ1n) is 9.67. The number of fused-ring (bicyclic) bond motifs is 1. The Bertz CT molecular complexity index is 1200. The molecule has 1 heterocycles. The number of halogens is 1. The third-order valence-corrected chi connectivity index (χ3v) is 7.15. The van der Waals surface area contributed by atoms with Gasteiger partial charge in [-0.1, -0.05) is 24.3 Å². The summed E-state index contributed by atoms with van der Waals surface area (Å²) in [6.45, 7) is 0.0522. The van der Waals surface area contributed by atoms with Gasteiger partial charge in [0.1, 0.15) is 17.6 Å². The molecule has 8 heteroatoms. The zero-order valence-electron chi connectivity index (χ0n) is 16.8. The van der Waals surface area contributed by atoms with Gasteiger partial charge < -0.3 is 10.1 Å². The van der Waals surface area contributed by atoms with Crippen LogP contribution in [0.15, 0.2) is 77.7 Å². The molecular weight excluding hydrogens is 419 g/mol. The molecule has 31 heavy (non-hydrogen) atoms. The predicted molar refractivity (Wildman–Crippen MR) is 115 cm³/mol. The third kappa shape index (κ3) is 4.30. The first-order valence-corrected chi connectivity index (χ1v) is 11.1. The van der Waals surface area contributed by atoms with Crippen LogP contribution in [0.5, 0.6) is 5.75 Å². The average Bonchev–Trinajstić information content (AvgIpc) is 2.79. The van der Waals surface area contributed by atoms with Crippen LogP contribution in [-0.2, 0) is 27.8 Å². The van der Waals surface area contributed by atoms with Gasteiger partial charge in [0.15, 0.2) is 0 Å². The molecule has 4 rings (SSSR count). The zero-order valence-corrected chi connectivity index (χ0v) is 17.6. The van der Waals surface area contributed by atoms with Crippen molar-refractivity contribution in [1.29, 1.82) is 0 Å². The van der Waals surface area contributed by atoms with E-state index >= 15 is 0 Å². The number of carbonyl (C=O) groups is 1. The Kier molecular flexibility index (Phi) is 5.75. The number of methoxy groups -OCH3 is 1. The van der Waals surface area contributed by atoms with Crippen LogP contribution in [0.4, 0.5) is 10.1 Å². The standard InChI is InChI=1S/C23H21FN2O4S/c1-30-20-10-8-19(9-11-20)25-23(27)22-14-16-4-2-3-5-17(16)15-26(22)31(28,29)21-12-6-18(24)7-13-21/h2-13,22H,14-15H2,1H3,(H,25,27)/t22-/m0/s1. The fourth-order valence-corrected chi connectivity index (χ4v) is 5.18. The Morgan fingerprint density at radius 3 is 2.29 bits per heavy atom. The van der Waals surface area contributed by atoms with E-state index in [2.05, 4.69) is 5.32 Å². The van der Waals surface area contributed by atoms with E-state index in [0.29, 0.717) is 11.4 Å². The minimum atomic E-state index is -4.03. The second-order valence-electron chi connectivity index (χ2n) is 7.21. The Labute approximate surface area is 180 Å². The van der Waals surface area contributed by atoms with Gasteiger partial charge in [0.05, 0.1) is 12.0 Å². The number of anilines is 1. The van der Waals surface area contributed by atoms with E-state index in [1.54, 1.807) is 31.4 Å². The van der Waals surface area contributed by atoms with Gasteiger partial charge in [-0.25, -0.2) is 12.8 Å². The lowest BCUT2D eigenvalue weighted by Crippen LogP contribution is -2.50. The van der Waals surface area contributed by atoms with Crippen LogP contribution in [0.2, 0.25) is 0 Å². The number of hydrogen-bond donors (Lipinski definition) is 1. The number of sulfonamides is 1. The highest BCUT2D eigenvalue weighted by atomic mass is 32.2. The number of amides is 1. The number of nitrogens with zero attached hydrogens (tertiary/aromatic N) is 1. The van der Waals surface area contributed by atoms with Crippen molar-refractivity contribution in [3.05, 3.63) is 89.7 Å². The first kappa shape index (κ1) is 21.0. The molecule has 0 radical (unpaired) electrons. The Hall–Kier alpha value is -3.23. The van der Waals surface area contributed by atoms with Crippen molar-refractivity contribution in [1.82, 2.24) is 4.31 Å². The van der Waals surface area contributed by atoms with Crippen molar-refractivity contribution in [2.45, 2.75) is 23.9 Å². The molecule has 1 aliphatic heterocycles. The van der Waals surface area contributed by atoms with E-state index in [9.17, 15) is 17.6 Å². The summed E-state index contributed by atoms with van der Waals surface area (Å²) in [5.41, 5.74) is 2.29. The SMILES string of the molecule is COc1ccc(NC(=O)[C@@H]2Cc3ccccc3CN2S(=O)(=O)c2ccc(F)cc2)cc1. The molecule has 0 unspecified atom stereocenters. The normalized spacial score (nSPS) is 16.4. The molecule has 0 fully saturated rings. The number of carbonyl (C=O) groups excluding carboxylic acids is 1. The summed E-state index contributed by atoms with van der Waals surface area (Å²) < 4.78 is 46.4. The van der Waals surface area contributed by atoms with E-state index in [0.717, 1.165) is 23.3 Å². The lowest BCUT2D eigenvalue weighted by molar-refractivity contribution is -0.120. The van der Waals surface area contributed by atoms with Gasteiger partial charge in [-0.05, 0) is 66.1 Å². The van der Waals surface area contributed by atoms with Crippen LogP contribution in [0.25, 0.3) is 0 Å². The summed E-state index contributed by atoms with van der Waals surface area (Å²) in [4.78, 5) is 13.1. The highest BCUT2D eigenvalue weighted by Gasteiger charge is 2.39. The molecule has 0 saturated carbocycles. The summed E-state index contributed by atoms with van der Waals surface area (Å²) in [6.07, 6.45) is 0.235. The number of rotatable bonds is 5. The van der Waals surface area contributed by atoms with Crippen LogP contribution in [0, 0.1) is 5.82 Å². The summed E-state index contributed by atoms with van der Waals surface area (Å²) >= 11 is 0. The van der Waals surface area contributed by atoms with Gasteiger partial charge in [-0.15, -0.1) is 0 Å². The summed E-state index contributed by atoms with van der Waals surface area (Å²) in [5.74, 6) is -0.327. The van der Waals surface area contributed by atoms with Crippen LogP contribution >= 0.6 is 0 Å². The molecule has 0 aliphatic carbocycles. The van der Waals surface area contributed by atoms with Crippen molar-refractivity contribution < 1.29 is 22.3 Å². The number of benzene rings is 3. The quantitative estimate of drug-likeness (QED) is 0.658. The van der Waals surface area contributed by atoms with Crippen LogP contribution in [-0.4, -0.2) is 31.8 Å². The number of nitrogens with one attached hydrogen (secondary N) is 1. The molecule has 0 aromatic heterocycles. The topological polar surface area (TPSA) is 75.7 Å². The van der Waals surface area contributed by atoms with E-state index in [4.69, 9.17) is 4.74 Å². The Morgan fingerprint density at radius 2 is 1.65 bits per heavy atom. The molecule has 1 N–H and O–H groups in total. The fraction of sp³-hybridized carbons (Fsp3) is 0.174. The minimum absolute atomic E-state index is 0.0522. The highest BCUT2D eigenvalue weighted by Crippen LogP contribution is 2.30. The maximum Gasteiger partial charge on any atom is 0.244 e. The van der Waals surface area contributed by atoms with Crippen LogP contribution < -0.4 is 10.1 Å². The largest absolute Gasteiger partial charge is 0.497 e. The van der Waals surface area contributed by atoms with E-state index in [1.807, 2.05) is 24.3 Å². The van der Waals surface area contributed by atoms with Crippen molar-refractivity contribution in [2.75, 3.05) is 12.4 Å². The fourth-order valence-electron chi connectivity index (χ4n) is 3.62. The van der Waals surface area contributed by atoms with E-state index in [-0.39, 0.29) is 17.9 Å². The molecule has 6 nitrogen and oxygen atoms in total. The maximum absolute atomic E-state index is 13.4. The van der Waals surface area contributed by atoms with E-state index < -0.39 is 27.8 Å². The molecule has 0 bridgehead atoms. The molecule has 3 aromatic carbocycles. The summed E-state index contributed by atoms with van der Waals surface area (Å²) in [6, 6.07) is 17.9. The lowest BCUT2D eigenvalue weighted by Gasteiger charge is -2.35. The van der Waals surface area contributed by atoms with Gasteiger partial charge in [-0.3, -0.25) is 4.79 Å². The monoisotopic (exact) mass is 440 g/mol. The summed E-state index contributed by atoms with van der Waals surface area (Å²) in [5, 5.41) is 2.80. The molecule has 0 saturated heterocycles. The molecule has 0 spiro atoms. The Morgan fingerprint density at radius 1 is 1.00 bits per heavy atom. The molecule has 1 aliphatic rings. The van der Waals surface area contributed by atoms with Gasteiger partial charge in [-0.2, -0.15) is 4.31 Å². The number of ether oxygens (including phenoxy) is 1. The van der Waals surface area contributed by atoms with Crippen LogP contribution in [0.3, 0.4) is 0 Å². The molecule has 160 valence electrons. The molecule has 3 aromatic rings. The first-order chi connectivity index (χ1) is 14.9. The van der Waals surface area contributed by atoms with Gasteiger partial charge in [0, 0.05) is 12.2 Å². The minimum Gasteiger partial charge on any atom is -0.497 e. The number of hydrogen-bond acceptors (Lipinski definition) is 4. The van der Waals surface area contributed by atoms with Crippen molar-refractivity contribution in [2.24, 2.45) is 0 Å². The van der Waals surface area contributed by atoms with Crippen LogP contribution in [0.1, 0.15) is 11.1 Å². The maximum atomic E-state index is 13.4. The predicted octanol–water partition coefficient (Wildman–Crippen LogP) is 3.59. The van der Waals surface area contributed by atoms with Crippen molar-refractivity contribution in [3.63, 3.8) is 0 Å².